The van der Waals surface area contributed by atoms with Gasteiger partial charge in [0.05, 0.1) is 34.1 Å². The third-order valence-electron chi connectivity index (χ3n) is 6.94. The number of hydrogen-bond donors (Lipinski definition) is 3. The number of pyridine rings is 1. The number of likely N-dealkylation sites (N-methyl/N-ethyl adjacent to an activating group) is 1. The van der Waals surface area contributed by atoms with E-state index in [9.17, 15) is 10.1 Å². The molecule has 2 heterocycles. The molecule has 41 heavy (non-hydrogen) atoms. The van der Waals surface area contributed by atoms with Gasteiger partial charge in [0.25, 0.3) is 0 Å². The average molecular weight is 577 g/mol. The summed E-state index contributed by atoms with van der Waals surface area (Å²) in [5, 5.41) is 20.7. The Morgan fingerprint density at radius 3 is 2.80 bits per heavy atom. The fourth-order valence-electron chi connectivity index (χ4n) is 4.71. The maximum atomic E-state index is 12.6. The molecule has 0 radical (unpaired) electrons. The molecule has 1 saturated heterocycles. The van der Waals surface area contributed by atoms with Gasteiger partial charge in [-0.15, -0.1) is 0 Å². The lowest BCUT2D eigenvalue weighted by Gasteiger charge is -2.30. The largest absolute Gasteiger partial charge is 0.492 e. The van der Waals surface area contributed by atoms with Crippen LogP contribution in [0.1, 0.15) is 32.3 Å². The number of nitriles is 1. The number of benzene rings is 2. The first-order valence-corrected chi connectivity index (χ1v) is 14.2. The highest BCUT2D eigenvalue weighted by Gasteiger charge is 2.22. The number of carbonyl (C=O) groups is 1. The Labute approximate surface area is 246 Å². The third kappa shape index (κ3) is 7.88. The molecule has 0 spiro atoms. The molecule has 2 atom stereocenters. The molecule has 0 bridgehead atoms. The highest BCUT2D eigenvalue weighted by atomic mass is 35.5. The van der Waals surface area contributed by atoms with Crippen LogP contribution in [-0.2, 0) is 4.79 Å². The molecule has 9 nitrogen and oxygen atoms in total. The maximum absolute atomic E-state index is 12.6. The van der Waals surface area contributed by atoms with Crippen molar-refractivity contribution in [3.8, 4) is 17.6 Å². The fourth-order valence-corrected chi connectivity index (χ4v) is 4.95. The summed E-state index contributed by atoms with van der Waals surface area (Å²) in [5.74, 6) is 1.35. The summed E-state index contributed by atoms with van der Waals surface area (Å²) >= 11 is 6.60. The molecule has 2 aromatic carbocycles. The number of anilines is 3. The van der Waals surface area contributed by atoms with Crippen LogP contribution in [0.3, 0.4) is 0 Å². The van der Waals surface area contributed by atoms with Crippen molar-refractivity contribution in [1.82, 2.24) is 15.2 Å². The number of hydrogen-bond acceptors (Lipinski definition) is 8. The van der Waals surface area contributed by atoms with Crippen LogP contribution in [0, 0.1) is 17.2 Å². The maximum Gasteiger partial charge on any atom is 0.248 e. The van der Waals surface area contributed by atoms with Crippen LogP contribution >= 0.6 is 11.6 Å². The molecular formula is C31H37ClN6O3. The van der Waals surface area contributed by atoms with E-state index >= 15 is 0 Å². The van der Waals surface area contributed by atoms with Crippen molar-refractivity contribution in [3.63, 3.8) is 0 Å². The smallest absolute Gasteiger partial charge is 0.248 e. The van der Waals surface area contributed by atoms with Gasteiger partial charge in [-0.1, -0.05) is 24.6 Å². The molecule has 0 saturated carbocycles. The summed E-state index contributed by atoms with van der Waals surface area (Å²) in [6, 6.07) is 11.5. The number of carbonyl (C=O) groups excluding carboxylic acids is 1. The van der Waals surface area contributed by atoms with Crippen LogP contribution in [0.4, 0.5) is 17.1 Å². The summed E-state index contributed by atoms with van der Waals surface area (Å²) in [5.41, 5.74) is 2.66. The molecule has 1 aliphatic heterocycles. The van der Waals surface area contributed by atoms with E-state index in [0.717, 1.165) is 6.54 Å². The lowest BCUT2D eigenvalue weighted by molar-refractivity contribution is -0.111. The number of fused-ring (bicyclic) bond motifs is 1. The van der Waals surface area contributed by atoms with E-state index in [1.165, 1.54) is 25.1 Å². The Kier molecular flexibility index (Phi) is 10.4. The first-order valence-electron chi connectivity index (χ1n) is 13.8. The van der Waals surface area contributed by atoms with Crippen molar-refractivity contribution < 1.29 is 14.3 Å². The SMILES string of the molecule is CCOc1cc2ncc(C#N)c(Nc3ccc(OCC4NCCCC4C)c(Cl)c3)c2cc1NC(=O)/C=C/CN(C)C. The Balaban J connectivity index is 1.61. The van der Waals surface area contributed by atoms with E-state index in [1.54, 1.807) is 24.3 Å². The quantitative estimate of drug-likeness (QED) is 0.248. The summed E-state index contributed by atoms with van der Waals surface area (Å²) in [7, 11) is 3.85. The topological polar surface area (TPSA) is 112 Å². The molecule has 1 aliphatic rings. The second-order valence-electron chi connectivity index (χ2n) is 10.4. The molecule has 3 aromatic rings. The van der Waals surface area contributed by atoms with E-state index in [4.69, 9.17) is 21.1 Å². The van der Waals surface area contributed by atoms with Gasteiger partial charge in [0, 0.05) is 42.0 Å². The minimum absolute atomic E-state index is 0.286. The van der Waals surface area contributed by atoms with Crippen molar-refractivity contribution in [2.75, 3.05) is 51.0 Å². The zero-order valence-electron chi connectivity index (χ0n) is 24.0. The van der Waals surface area contributed by atoms with Crippen LogP contribution in [0.2, 0.25) is 5.02 Å². The average Bonchev–Trinajstić information content (AvgIpc) is 2.94. The van der Waals surface area contributed by atoms with Gasteiger partial charge in [-0.3, -0.25) is 9.78 Å². The van der Waals surface area contributed by atoms with E-state index < -0.39 is 0 Å². The molecule has 3 N–H and O–H groups in total. The highest BCUT2D eigenvalue weighted by molar-refractivity contribution is 6.32. The van der Waals surface area contributed by atoms with Gasteiger partial charge in [-0.25, -0.2) is 0 Å². The third-order valence-corrected chi connectivity index (χ3v) is 7.23. The van der Waals surface area contributed by atoms with Gasteiger partial charge in [-0.2, -0.15) is 5.26 Å². The van der Waals surface area contributed by atoms with Gasteiger partial charge in [0.2, 0.25) is 5.91 Å². The summed E-state index contributed by atoms with van der Waals surface area (Å²) in [6.45, 7) is 6.69. The Hall–Kier alpha value is -3.84. The lowest BCUT2D eigenvalue weighted by atomic mass is 9.93. The van der Waals surface area contributed by atoms with Crippen molar-refractivity contribution in [2.45, 2.75) is 32.7 Å². The van der Waals surface area contributed by atoms with Crippen molar-refractivity contribution in [3.05, 3.63) is 59.3 Å². The predicted molar refractivity (Wildman–Crippen MR) is 164 cm³/mol. The van der Waals surface area contributed by atoms with Crippen molar-refractivity contribution in [1.29, 1.82) is 5.26 Å². The van der Waals surface area contributed by atoms with Gasteiger partial charge in [0.15, 0.2) is 0 Å². The monoisotopic (exact) mass is 576 g/mol. The van der Waals surface area contributed by atoms with E-state index in [1.807, 2.05) is 38.1 Å². The van der Waals surface area contributed by atoms with Crippen LogP contribution in [-0.4, -0.2) is 62.2 Å². The molecule has 1 fully saturated rings. The number of nitrogens with one attached hydrogen (secondary N) is 3. The van der Waals surface area contributed by atoms with Gasteiger partial charge in [-0.05, 0) is 70.6 Å². The molecule has 4 rings (SSSR count). The van der Waals surface area contributed by atoms with Crippen LogP contribution in [0.5, 0.6) is 11.5 Å². The van der Waals surface area contributed by atoms with Gasteiger partial charge < -0.3 is 30.3 Å². The standard InChI is InChI=1S/C31H37ClN6O3/c1-5-40-29-16-25-23(15-26(29)37-30(39)9-7-13-38(3)4)31(21(17-33)18-35-25)36-22-10-11-28(24(32)14-22)41-19-27-20(2)8-6-12-34-27/h7,9-11,14-16,18,20,27,34H,5-6,8,12-13,19H2,1-4H3,(H,35,36)(H,37,39)/b9-7+. The van der Waals surface area contributed by atoms with Crippen molar-refractivity contribution in [2.24, 2.45) is 5.92 Å². The minimum atomic E-state index is -0.286. The summed E-state index contributed by atoms with van der Waals surface area (Å²) in [6.07, 6.45) is 7.15. The highest BCUT2D eigenvalue weighted by Crippen LogP contribution is 2.37. The molecular weight excluding hydrogens is 540 g/mol. The number of amides is 1. The molecule has 0 aliphatic carbocycles. The second kappa shape index (κ2) is 14.2. The van der Waals surface area contributed by atoms with Crippen LogP contribution < -0.4 is 25.4 Å². The number of rotatable bonds is 11. The predicted octanol–water partition coefficient (Wildman–Crippen LogP) is 5.73. The first-order chi connectivity index (χ1) is 19.8. The Bertz CT molecular complexity index is 1450. The number of nitrogens with zero attached hydrogens (tertiary/aromatic N) is 3. The normalized spacial score (nSPS) is 17.0. The second-order valence-corrected chi connectivity index (χ2v) is 10.8. The van der Waals surface area contributed by atoms with Crippen LogP contribution in [0.15, 0.2) is 48.7 Å². The molecule has 1 amide bonds. The zero-order chi connectivity index (χ0) is 29.4. The summed E-state index contributed by atoms with van der Waals surface area (Å²) < 4.78 is 11.8. The molecule has 216 valence electrons. The molecule has 1 aromatic heterocycles. The zero-order valence-corrected chi connectivity index (χ0v) is 24.7. The van der Waals surface area contributed by atoms with E-state index in [2.05, 4.69) is 33.9 Å². The number of ether oxygens (including phenoxy) is 2. The van der Waals surface area contributed by atoms with Gasteiger partial charge in [0.1, 0.15) is 24.2 Å². The van der Waals surface area contributed by atoms with E-state index in [0.29, 0.717) is 81.8 Å². The lowest BCUT2D eigenvalue weighted by Crippen LogP contribution is -2.44. The van der Waals surface area contributed by atoms with Crippen LogP contribution in [0.25, 0.3) is 10.9 Å². The summed E-state index contributed by atoms with van der Waals surface area (Å²) in [4.78, 5) is 19.1. The van der Waals surface area contributed by atoms with Gasteiger partial charge >= 0.3 is 0 Å². The molecule has 2 unspecified atom stereocenters. The minimum Gasteiger partial charge on any atom is -0.492 e. The first kappa shape index (κ1) is 30.1. The fraction of sp³-hybridized carbons (Fsp3) is 0.387. The Morgan fingerprint density at radius 2 is 2.10 bits per heavy atom. The number of halogens is 1. The Morgan fingerprint density at radius 1 is 1.27 bits per heavy atom. The van der Waals surface area contributed by atoms with Crippen molar-refractivity contribution >= 4 is 45.5 Å². The number of piperidine rings is 1. The number of aromatic nitrogens is 1. The molecule has 10 heteroatoms. The van der Waals surface area contributed by atoms with E-state index in [-0.39, 0.29) is 5.91 Å².